The second-order valence-electron chi connectivity index (χ2n) is 9.52. The van der Waals surface area contributed by atoms with Crippen molar-refractivity contribution in [2.45, 2.75) is 81.7 Å². The summed E-state index contributed by atoms with van der Waals surface area (Å²) in [5, 5.41) is 9.88. The van der Waals surface area contributed by atoms with E-state index in [9.17, 15) is 14.4 Å². The molecule has 0 saturated carbocycles. The zero-order chi connectivity index (χ0) is 21.6. The second kappa shape index (κ2) is 7.88. The molecule has 7 heteroatoms. The highest BCUT2D eigenvalue weighted by Crippen LogP contribution is 2.37. The number of hydrogen-bond acceptors (Lipinski definition) is 5. The molecular weight excluding hydrogens is 392 g/mol. The van der Waals surface area contributed by atoms with Gasteiger partial charge >= 0.3 is 0 Å². The molecule has 3 atom stereocenters. The zero-order valence-corrected chi connectivity index (χ0v) is 17.8. The molecule has 3 fully saturated rings. The van der Waals surface area contributed by atoms with E-state index in [1.807, 2.05) is 24.3 Å². The number of carbonyl (C=O) groups excluding carboxylic acids is 3. The molecule has 3 N–H and O–H groups in total. The number of imide groups is 1. The maximum Gasteiger partial charge on any atom is 0.255 e. The number of hydrogen-bond donors (Lipinski definition) is 3. The van der Waals surface area contributed by atoms with Gasteiger partial charge in [-0.3, -0.25) is 19.7 Å². The molecule has 164 valence electrons. The number of amides is 3. The highest BCUT2D eigenvalue weighted by Gasteiger charge is 2.43. The van der Waals surface area contributed by atoms with Gasteiger partial charge in [-0.25, -0.2) is 0 Å². The number of fused-ring (bicyclic) bond motifs is 3. The Bertz CT molecular complexity index is 931. The molecule has 5 rings (SSSR count). The first-order valence-corrected chi connectivity index (χ1v) is 11.4. The topological polar surface area (TPSA) is 90.5 Å². The van der Waals surface area contributed by atoms with Crippen LogP contribution in [-0.2, 0) is 22.7 Å². The van der Waals surface area contributed by atoms with Gasteiger partial charge in [-0.15, -0.1) is 6.58 Å². The van der Waals surface area contributed by atoms with Crippen molar-refractivity contribution in [2.24, 2.45) is 0 Å². The van der Waals surface area contributed by atoms with E-state index in [0.717, 1.165) is 30.4 Å². The molecule has 7 nitrogen and oxygen atoms in total. The van der Waals surface area contributed by atoms with E-state index in [1.54, 1.807) is 4.90 Å². The Morgan fingerprint density at radius 1 is 1.16 bits per heavy atom. The maximum absolute atomic E-state index is 13.3. The summed E-state index contributed by atoms with van der Waals surface area (Å²) in [5.74, 6) is -0.740. The van der Waals surface area contributed by atoms with Crippen molar-refractivity contribution in [3.63, 3.8) is 0 Å². The lowest BCUT2D eigenvalue weighted by molar-refractivity contribution is -0.136. The van der Waals surface area contributed by atoms with Gasteiger partial charge < -0.3 is 15.5 Å². The van der Waals surface area contributed by atoms with Crippen LogP contribution in [-0.4, -0.2) is 46.3 Å². The van der Waals surface area contributed by atoms with Gasteiger partial charge in [-0.2, -0.15) is 0 Å². The predicted molar refractivity (Wildman–Crippen MR) is 116 cm³/mol. The van der Waals surface area contributed by atoms with E-state index in [-0.39, 0.29) is 29.7 Å². The lowest BCUT2D eigenvalue weighted by Gasteiger charge is -2.42. The SMILES string of the molecule is C=CCC1(NCc2cccc3c2C(=O)N(C2CCC(=O)NC2=O)C3)CC2CCC(C1)N2. The Kier molecular flexibility index (Phi) is 5.18. The third-order valence-electron chi connectivity index (χ3n) is 7.44. The van der Waals surface area contributed by atoms with Gasteiger partial charge in [0.2, 0.25) is 11.8 Å². The van der Waals surface area contributed by atoms with Crippen LogP contribution in [0.3, 0.4) is 0 Å². The van der Waals surface area contributed by atoms with E-state index in [0.29, 0.717) is 37.2 Å². The van der Waals surface area contributed by atoms with Crippen molar-refractivity contribution in [1.82, 2.24) is 20.9 Å². The van der Waals surface area contributed by atoms with Gasteiger partial charge in [0, 0.05) is 42.7 Å². The molecule has 0 spiro atoms. The quantitative estimate of drug-likeness (QED) is 0.480. The Balaban J connectivity index is 1.34. The fraction of sp³-hybridized carbons (Fsp3) is 0.542. The number of piperidine rings is 2. The van der Waals surface area contributed by atoms with Gasteiger partial charge in [0.05, 0.1) is 0 Å². The van der Waals surface area contributed by atoms with Crippen LogP contribution in [0.15, 0.2) is 30.9 Å². The van der Waals surface area contributed by atoms with Crippen molar-refractivity contribution in [3.05, 3.63) is 47.5 Å². The number of rotatable bonds is 6. The monoisotopic (exact) mass is 422 g/mol. The number of nitrogens with zero attached hydrogens (tertiary/aromatic N) is 1. The van der Waals surface area contributed by atoms with Crippen LogP contribution in [0.2, 0.25) is 0 Å². The Morgan fingerprint density at radius 3 is 2.65 bits per heavy atom. The van der Waals surface area contributed by atoms with Gasteiger partial charge in [-0.1, -0.05) is 24.3 Å². The third-order valence-corrected chi connectivity index (χ3v) is 7.44. The first-order chi connectivity index (χ1) is 15.0. The normalized spacial score (nSPS) is 32.2. The molecule has 4 aliphatic rings. The maximum atomic E-state index is 13.3. The van der Waals surface area contributed by atoms with E-state index >= 15 is 0 Å². The molecule has 0 radical (unpaired) electrons. The third kappa shape index (κ3) is 3.70. The average Bonchev–Trinajstić information content (AvgIpc) is 3.26. The second-order valence-corrected chi connectivity index (χ2v) is 9.52. The number of nitrogens with one attached hydrogen (secondary N) is 3. The van der Waals surface area contributed by atoms with Crippen LogP contribution in [0.5, 0.6) is 0 Å². The van der Waals surface area contributed by atoms with Gasteiger partial charge in [0.15, 0.2) is 0 Å². The lowest BCUT2D eigenvalue weighted by atomic mass is 9.81. The highest BCUT2D eigenvalue weighted by atomic mass is 16.2. The van der Waals surface area contributed by atoms with Gasteiger partial charge in [0.25, 0.3) is 5.91 Å². The smallest absolute Gasteiger partial charge is 0.255 e. The largest absolute Gasteiger partial charge is 0.322 e. The lowest BCUT2D eigenvalue weighted by Crippen LogP contribution is -2.56. The molecule has 1 aromatic rings. The number of carbonyl (C=O) groups is 3. The molecule has 0 aromatic heterocycles. The van der Waals surface area contributed by atoms with E-state index in [1.165, 1.54) is 12.8 Å². The van der Waals surface area contributed by atoms with Gasteiger partial charge in [0.1, 0.15) is 6.04 Å². The minimum Gasteiger partial charge on any atom is -0.322 e. The van der Waals surface area contributed by atoms with Crippen LogP contribution >= 0.6 is 0 Å². The summed E-state index contributed by atoms with van der Waals surface area (Å²) in [4.78, 5) is 38.8. The first kappa shape index (κ1) is 20.4. The van der Waals surface area contributed by atoms with Crippen LogP contribution in [0.25, 0.3) is 0 Å². The summed E-state index contributed by atoms with van der Waals surface area (Å²) in [5.41, 5.74) is 2.65. The fourth-order valence-electron chi connectivity index (χ4n) is 6.03. The van der Waals surface area contributed by atoms with Crippen molar-refractivity contribution in [3.8, 4) is 0 Å². The highest BCUT2D eigenvalue weighted by molar-refractivity contribution is 6.05. The van der Waals surface area contributed by atoms with Crippen molar-refractivity contribution in [2.75, 3.05) is 0 Å². The summed E-state index contributed by atoms with van der Waals surface area (Å²) in [6.45, 7) is 5.02. The summed E-state index contributed by atoms with van der Waals surface area (Å²) in [6.07, 6.45) is 8.16. The fourth-order valence-corrected chi connectivity index (χ4v) is 6.03. The molecule has 4 aliphatic heterocycles. The predicted octanol–water partition coefficient (Wildman–Crippen LogP) is 1.77. The molecule has 3 saturated heterocycles. The van der Waals surface area contributed by atoms with Crippen molar-refractivity contribution < 1.29 is 14.4 Å². The van der Waals surface area contributed by atoms with E-state index < -0.39 is 6.04 Å². The van der Waals surface area contributed by atoms with Gasteiger partial charge in [-0.05, 0) is 49.7 Å². The summed E-state index contributed by atoms with van der Waals surface area (Å²) < 4.78 is 0. The van der Waals surface area contributed by atoms with E-state index in [2.05, 4.69) is 22.5 Å². The molecule has 3 unspecified atom stereocenters. The van der Waals surface area contributed by atoms with Crippen LogP contribution in [0.1, 0.15) is 66.4 Å². The summed E-state index contributed by atoms with van der Waals surface area (Å²) >= 11 is 0. The molecule has 4 heterocycles. The minimum absolute atomic E-state index is 0.00646. The Labute approximate surface area is 182 Å². The minimum atomic E-state index is -0.578. The first-order valence-electron chi connectivity index (χ1n) is 11.4. The standard InChI is InChI=1S/C24H30N4O3/c1-2-10-24(11-17-6-7-18(12-24)26-17)25-13-15-4-3-5-16-14-28(23(31)21(15)16)19-8-9-20(29)27-22(19)30/h2-5,17-19,25-26H,1,6-14H2,(H,27,29,30). The molecule has 2 bridgehead atoms. The molecule has 0 aliphatic carbocycles. The van der Waals surface area contributed by atoms with Crippen LogP contribution in [0.4, 0.5) is 0 Å². The van der Waals surface area contributed by atoms with E-state index in [4.69, 9.17) is 0 Å². The molecular formula is C24H30N4O3. The number of benzene rings is 1. The molecule has 1 aromatic carbocycles. The Morgan fingerprint density at radius 2 is 1.94 bits per heavy atom. The summed E-state index contributed by atoms with van der Waals surface area (Å²) in [6, 6.07) is 6.49. The zero-order valence-electron chi connectivity index (χ0n) is 17.8. The van der Waals surface area contributed by atoms with Crippen molar-refractivity contribution >= 4 is 17.7 Å². The Hall–Kier alpha value is -2.51. The summed E-state index contributed by atoms with van der Waals surface area (Å²) in [7, 11) is 0. The van der Waals surface area contributed by atoms with Crippen LogP contribution in [0, 0.1) is 0 Å². The molecule has 3 amide bonds. The average molecular weight is 423 g/mol. The molecule has 31 heavy (non-hydrogen) atoms. The van der Waals surface area contributed by atoms with Crippen molar-refractivity contribution in [1.29, 1.82) is 0 Å². The van der Waals surface area contributed by atoms with Crippen LogP contribution < -0.4 is 16.0 Å².